The molecule has 1 aliphatic rings. The first kappa shape index (κ1) is 17.4. The molecule has 1 aliphatic heterocycles. The minimum absolute atomic E-state index is 0.0112. The van der Waals surface area contributed by atoms with Crippen LogP contribution in [0.1, 0.15) is 17.5 Å². The SMILES string of the molecule is O=C(O)CCNc1nc(-c2nccs2)cc(N2CCc3ccccc3C2)n1. The molecule has 7 nitrogen and oxygen atoms in total. The number of aliphatic carboxylic acids is 1. The lowest BCUT2D eigenvalue weighted by molar-refractivity contribution is -0.136. The third-order valence-corrected chi connectivity index (χ3v) is 5.24. The van der Waals surface area contributed by atoms with E-state index in [9.17, 15) is 4.79 Å². The minimum atomic E-state index is -0.855. The Kier molecular flexibility index (Phi) is 4.97. The lowest BCUT2D eigenvalue weighted by Crippen LogP contribution is -2.31. The lowest BCUT2D eigenvalue weighted by atomic mass is 10.00. The van der Waals surface area contributed by atoms with Crippen molar-refractivity contribution in [3.05, 3.63) is 53.0 Å². The van der Waals surface area contributed by atoms with Crippen molar-refractivity contribution in [3.8, 4) is 10.7 Å². The van der Waals surface area contributed by atoms with E-state index in [1.165, 1.54) is 22.5 Å². The van der Waals surface area contributed by atoms with Crippen LogP contribution in [0.4, 0.5) is 11.8 Å². The number of carboxylic acids is 1. The van der Waals surface area contributed by atoms with Crippen molar-refractivity contribution in [1.82, 2.24) is 15.0 Å². The molecular formula is C19H19N5O2S. The van der Waals surface area contributed by atoms with E-state index in [-0.39, 0.29) is 13.0 Å². The molecule has 0 saturated carbocycles. The quantitative estimate of drug-likeness (QED) is 0.678. The summed E-state index contributed by atoms with van der Waals surface area (Å²) in [5, 5.41) is 14.6. The molecule has 2 aromatic heterocycles. The van der Waals surface area contributed by atoms with Crippen molar-refractivity contribution < 1.29 is 9.90 Å². The zero-order valence-electron chi connectivity index (χ0n) is 14.6. The standard InChI is InChI=1S/C19H19N5O2S/c25-17(26)5-7-21-19-22-15(18-20-8-10-27-18)11-16(23-19)24-9-6-13-3-1-2-4-14(13)12-24/h1-4,8,10-11H,5-7,9,12H2,(H,25,26)(H,21,22,23). The van der Waals surface area contributed by atoms with Crippen molar-refractivity contribution in [2.45, 2.75) is 19.4 Å². The lowest BCUT2D eigenvalue weighted by Gasteiger charge is -2.30. The summed E-state index contributed by atoms with van der Waals surface area (Å²) < 4.78 is 0. The number of carbonyl (C=O) groups is 1. The van der Waals surface area contributed by atoms with Gasteiger partial charge in [-0.25, -0.2) is 9.97 Å². The third-order valence-electron chi connectivity index (χ3n) is 4.44. The van der Waals surface area contributed by atoms with Gasteiger partial charge < -0.3 is 15.3 Å². The molecule has 0 aliphatic carbocycles. The van der Waals surface area contributed by atoms with Gasteiger partial charge in [0.05, 0.1) is 6.42 Å². The largest absolute Gasteiger partial charge is 0.481 e. The van der Waals surface area contributed by atoms with Crippen molar-refractivity contribution in [2.24, 2.45) is 0 Å². The molecule has 138 valence electrons. The number of nitrogens with zero attached hydrogens (tertiary/aromatic N) is 4. The molecule has 4 rings (SSSR count). The fourth-order valence-corrected chi connectivity index (χ4v) is 3.71. The predicted octanol–water partition coefficient (Wildman–Crippen LogP) is 3.05. The van der Waals surface area contributed by atoms with Crippen LogP contribution < -0.4 is 10.2 Å². The van der Waals surface area contributed by atoms with Gasteiger partial charge in [-0.1, -0.05) is 24.3 Å². The molecule has 0 unspecified atom stereocenters. The second-order valence-electron chi connectivity index (χ2n) is 6.28. The topological polar surface area (TPSA) is 91.2 Å². The van der Waals surface area contributed by atoms with Gasteiger partial charge in [0.25, 0.3) is 0 Å². The molecule has 0 spiro atoms. The van der Waals surface area contributed by atoms with Crippen LogP contribution in [0.3, 0.4) is 0 Å². The normalized spacial score (nSPS) is 13.3. The highest BCUT2D eigenvalue weighted by atomic mass is 32.1. The summed E-state index contributed by atoms with van der Waals surface area (Å²) in [4.78, 5) is 26.5. The Hall–Kier alpha value is -3.00. The van der Waals surface area contributed by atoms with Gasteiger partial charge in [0.1, 0.15) is 16.5 Å². The summed E-state index contributed by atoms with van der Waals surface area (Å²) in [7, 11) is 0. The molecular weight excluding hydrogens is 362 g/mol. The minimum Gasteiger partial charge on any atom is -0.481 e. The first-order valence-corrected chi connectivity index (χ1v) is 9.63. The molecule has 0 radical (unpaired) electrons. The Labute approximate surface area is 160 Å². The van der Waals surface area contributed by atoms with Gasteiger partial charge in [0.15, 0.2) is 0 Å². The molecule has 0 bridgehead atoms. The van der Waals surface area contributed by atoms with Crippen LogP contribution in [0, 0.1) is 0 Å². The number of nitrogens with one attached hydrogen (secondary N) is 1. The van der Waals surface area contributed by atoms with Gasteiger partial charge in [-0.2, -0.15) is 4.98 Å². The number of benzene rings is 1. The van der Waals surface area contributed by atoms with E-state index < -0.39 is 5.97 Å². The Morgan fingerprint density at radius 2 is 2.11 bits per heavy atom. The maximum absolute atomic E-state index is 10.8. The van der Waals surface area contributed by atoms with Gasteiger partial charge in [-0.3, -0.25) is 4.79 Å². The number of aromatic nitrogens is 3. The van der Waals surface area contributed by atoms with Crippen LogP contribution in [-0.2, 0) is 17.8 Å². The first-order chi connectivity index (χ1) is 13.2. The summed E-state index contributed by atoms with van der Waals surface area (Å²) in [5.74, 6) is 0.395. The van der Waals surface area contributed by atoms with Crippen LogP contribution >= 0.6 is 11.3 Å². The van der Waals surface area contributed by atoms with Gasteiger partial charge >= 0.3 is 5.97 Å². The molecule has 3 aromatic rings. The van der Waals surface area contributed by atoms with E-state index in [4.69, 9.17) is 5.11 Å². The Balaban J connectivity index is 1.63. The number of anilines is 2. The molecule has 1 aromatic carbocycles. The number of fused-ring (bicyclic) bond motifs is 1. The van der Waals surface area contributed by atoms with E-state index in [2.05, 4.69) is 49.4 Å². The van der Waals surface area contributed by atoms with Crippen molar-refractivity contribution in [1.29, 1.82) is 0 Å². The Morgan fingerprint density at radius 3 is 2.89 bits per heavy atom. The van der Waals surface area contributed by atoms with Crippen LogP contribution in [0.25, 0.3) is 10.7 Å². The van der Waals surface area contributed by atoms with Crippen molar-refractivity contribution in [2.75, 3.05) is 23.3 Å². The molecule has 0 saturated heterocycles. The summed E-state index contributed by atoms with van der Waals surface area (Å²) in [5.41, 5.74) is 3.42. The van der Waals surface area contributed by atoms with E-state index in [0.717, 1.165) is 36.0 Å². The zero-order valence-corrected chi connectivity index (χ0v) is 15.4. The van der Waals surface area contributed by atoms with Crippen LogP contribution in [-0.4, -0.2) is 39.1 Å². The zero-order chi connectivity index (χ0) is 18.6. The first-order valence-electron chi connectivity index (χ1n) is 8.75. The molecule has 3 heterocycles. The number of thiazole rings is 1. The fourth-order valence-electron chi connectivity index (χ4n) is 3.11. The molecule has 8 heteroatoms. The predicted molar refractivity (Wildman–Crippen MR) is 105 cm³/mol. The molecule has 27 heavy (non-hydrogen) atoms. The molecule has 0 fully saturated rings. The van der Waals surface area contributed by atoms with Crippen LogP contribution in [0.5, 0.6) is 0 Å². The van der Waals surface area contributed by atoms with Gasteiger partial charge in [-0.05, 0) is 17.5 Å². The van der Waals surface area contributed by atoms with Crippen molar-refractivity contribution in [3.63, 3.8) is 0 Å². The van der Waals surface area contributed by atoms with Gasteiger partial charge in [-0.15, -0.1) is 11.3 Å². The average molecular weight is 381 g/mol. The van der Waals surface area contributed by atoms with E-state index >= 15 is 0 Å². The third kappa shape index (κ3) is 4.06. The molecule has 0 amide bonds. The maximum Gasteiger partial charge on any atom is 0.305 e. The van der Waals surface area contributed by atoms with E-state index in [1.807, 2.05) is 11.4 Å². The van der Waals surface area contributed by atoms with E-state index in [1.54, 1.807) is 6.20 Å². The highest BCUT2D eigenvalue weighted by Gasteiger charge is 2.19. The second kappa shape index (κ2) is 7.71. The number of rotatable bonds is 6. The van der Waals surface area contributed by atoms with Crippen LogP contribution in [0.15, 0.2) is 41.9 Å². The summed E-state index contributed by atoms with van der Waals surface area (Å²) in [6.07, 6.45) is 2.72. The van der Waals surface area contributed by atoms with Gasteiger partial charge in [0, 0.05) is 37.3 Å². The monoisotopic (exact) mass is 381 g/mol. The molecule has 2 N–H and O–H groups in total. The van der Waals surface area contributed by atoms with Gasteiger partial charge in [0.2, 0.25) is 5.95 Å². The van der Waals surface area contributed by atoms with Crippen molar-refractivity contribution >= 4 is 29.1 Å². The summed E-state index contributed by atoms with van der Waals surface area (Å²) >= 11 is 1.52. The smallest absolute Gasteiger partial charge is 0.305 e. The highest BCUT2D eigenvalue weighted by molar-refractivity contribution is 7.13. The summed E-state index contributed by atoms with van der Waals surface area (Å²) in [6.45, 7) is 1.94. The highest BCUT2D eigenvalue weighted by Crippen LogP contribution is 2.28. The van der Waals surface area contributed by atoms with Crippen LogP contribution in [0.2, 0.25) is 0 Å². The summed E-state index contributed by atoms with van der Waals surface area (Å²) in [6, 6.07) is 10.4. The number of hydrogen-bond donors (Lipinski definition) is 2. The maximum atomic E-state index is 10.8. The number of carboxylic acid groups (broad SMARTS) is 1. The second-order valence-corrected chi connectivity index (χ2v) is 7.18. The molecule has 0 atom stereocenters. The average Bonchev–Trinajstić information content (AvgIpc) is 3.22. The number of hydrogen-bond acceptors (Lipinski definition) is 7. The Bertz CT molecular complexity index is 945. The fraction of sp³-hybridized carbons (Fsp3) is 0.263. The Morgan fingerprint density at radius 1 is 1.26 bits per heavy atom. The van der Waals surface area contributed by atoms with E-state index in [0.29, 0.717) is 5.95 Å².